The first kappa shape index (κ1) is 21.9. The summed E-state index contributed by atoms with van der Waals surface area (Å²) in [4.78, 5) is 12.3. The number of ether oxygens (including phenoxy) is 2. The van der Waals surface area contributed by atoms with Crippen LogP contribution in [-0.4, -0.2) is 47.2 Å². The molecule has 2 rings (SSSR count). The van der Waals surface area contributed by atoms with Crippen LogP contribution in [0.1, 0.15) is 22.8 Å². The van der Waals surface area contributed by atoms with E-state index in [1.807, 2.05) is 31.2 Å². The maximum atomic E-state index is 12.3. The molecule has 2 aromatic carbocycles. The molecule has 152 valence electrons. The topological polar surface area (TPSA) is 93.7 Å². The highest BCUT2D eigenvalue weighted by Gasteiger charge is 2.17. The number of carbonyl (C=O) groups excluding carboxylic acids is 1. The number of amides is 1. The number of hydrogen-bond acceptors (Lipinski definition) is 5. The summed E-state index contributed by atoms with van der Waals surface area (Å²) < 4.78 is 37.6. The van der Waals surface area contributed by atoms with Crippen molar-refractivity contribution in [1.82, 2.24) is 10.0 Å². The molecule has 0 heterocycles. The van der Waals surface area contributed by atoms with Crippen molar-refractivity contribution in [2.75, 3.05) is 26.9 Å². The van der Waals surface area contributed by atoms with Gasteiger partial charge in [0.2, 0.25) is 10.0 Å². The molecular weight excluding hydrogens is 380 g/mol. The molecule has 0 bridgehead atoms. The highest BCUT2D eigenvalue weighted by molar-refractivity contribution is 7.89. The molecule has 0 saturated carbocycles. The number of rotatable bonds is 10. The zero-order valence-electron chi connectivity index (χ0n) is 16.3. The summed E-state index contributed by atoms with van der Waals surface area (Å²) in [6.45, 7) is 4.65. The summed E-state index contributed by atoms with van der Waals surface area (Å²) in [5.74, 6) is 0.446. The Bertz CT molecular complexity index is 864. The molecule has 1 amide bonds. The fraction of sp³-hybridized carbons (Fsp3) is 0.350. The molecule has 0 unspecified atom stereocenters. The van der Waals surface area contributed by atoms with E-state index in [1.54, 1.807) is 6.92 Å². The molecule has 0 saturated heterocycles. The van der Waals surface area contributed by atoms with Gasteiger partial charge >= 0.3 is 0 Å². The number of aryl methyl sites for hydroxylation is 1. The van der Waals surface area contributed by atoms with Crippen molar-refractivity contribution in [3.8, 4) is 5.75 Å². The molecule has 0 aliphatic rings. The van der Waals surface area contributed by atoms with Gasteiger partial charge in [0.15, 0.2) is 0 Å². The van der Waals surface area contributed by atoms with Crippen LogP contribution in [0.2, 0.25) is 0 Å². The third-order valence-corrected chi connectivity index (χ3v) is 5.48. The van der Waals surface area contributed by atoms with Gasteiger partial charge in [0.05, 0.1) is 18.0 Å². The van der Waals surface area contributed by atoms with Gasteiger partial charge in [0.1, 0.15) is 12.4 Å². The van der Waals surface area contributed by atoms with Crippen molar-refractivity contribution in [2.24, 2.45) is 0 Å². The molecule has 0 fully saturated rings. The average Bonchev–Trinajstić information content (AvgIpc) is 2.66. The minimum atomic E-state index is -3.66. The Hall–Kier alpha value is -2.42. The van der Waals surface area contributed by atoms with Crippen LogP contribution in [0.3, 0.4) is 0 Å². The largest absolute Gasteiger partial charge is 0.492 e. The fourth-order valence-electron chi connectivity index (χ4n) is 2.47. The van der Waals surface area contributed by atoms with E-state index in [2.05, 4.69) is 10.0 Å². The molecule has 0 aromatic heterocycles. The normalized spacial score (nSPS) is 12.4. The molecule has 8 heteroatoms. The van der Waals surface area contributed by atoms with Crippen LogP contribution < -0.4 is 14.8 Å². The van der Waals surface area contributed by atoms with E-state index in [-0.39, 0.29) is 23.5 Å². The molecule has 0 spiro atoms. The Labute approximate surface area is 166 Å². The van der Waals surface area contributed by atoms with Gasteiger partial charge in [-0.1, -0.05) is 17.7 Å². The zero-order valence-corrected chi connectivity index (χ0v) is 17.1. The first-order valence-electron chi connectivity index (χ1n) is 8.91. The summed E-state index contributed by atoms with van der Waals surface area (Å²) in [7, 11) is -2.16. The summed E-state index contributed by atoms with van der Waals surface area (Å²) in [6, 6.07) is 13.1. The lowest BCUT2D eigenvalue weighted by atomic mass is 10.2. The molecular formula is C20H26N2O5S. The second-order valence-electron chi connectivity index (χ2n) is 6.42. The van der Waals surface area contributed by atoms with Crippen molar-refractivity contribution in [1.29, 1.82) is 0 Å². The van der Waals surface area contributed by atoms with Gasteiger partial charge in [-0.25, -0.2) is 13.1 Å². The van der Waals surface area contributed by atoms with Crippen LogP contribution in [0.4, 0.5) is 0 Å². The summed E-state index contributed by atoms with van der Waals surface area (Å²) in [5, 5.41) is 2.74. The van der Waals surface area contributed by atoms with Crippen molar-refractivity contribution in [2.45, 2.75) is 24.8 Å². The van der Waals surface area contributed by atoms with E-state index < -0.39 is 10.0 Å². The Morgan fingerprint density at radius 2 is 1.71 bits per heavy atom. The lowest BCUT2D eigenvalue weighted by molar-refractivity contribution is 0.0947. The lowest BCUT2D eigenvalue weighted by Gasteiger charge is -2.13. The first-order chi connectivity index (χ1) is 13.3. The number of benzene rings is 2. The summed E-state index contributed by atoms with van der Waals surface area (Å²) in [5.41, 5.74) is 1.52. The molecule has 0 aliphatic heterocycles. The molecule has 0 aliphatic carbocycles. The monoisotopic (exact) mass is 406 g/mol. The minimum Gasteiger partial charge on any atom is -0.492 e. The summed E-state index contributed by atoms with van der Waals surface area (Å²) >= 11 is 0. The minimum absolute atomic E-state index is 0.0923. The maximum Gasteiger partial charge on any atom is 0.251 e. The Morgan fingerprint density at radius 1 is 1.07 bits per heavy atom. The summed E-state index contributed by atoms with van der Waals surface area (Å²) in [6.07, 6.45) is 0. The van der Waals surface area contributed by atoms with Crippen molar-refractivity contribution < 1.29 is 22.7 Å². The lowest BCUT2D eigenvalue weighted by Crippen LogP contribution is -2.35. The predicted octanol–water partition coefficient (Wildman–Crippen LogP) is 2.12. The first-order valence-corrected chi connectivity index (χ1v) is 10.4. The maximum absolute atomic E-state index is 12.3. The Morgan fingerprint density at radius 3 is 2.32 bits per heavy atom. The predicted molar refractivity (Wildman–Crippen MR) is 107 cm³/mol. The van der Waals surface area contributed by atoms with E-state index in [1.165, 1.54) is 31.4 Å². The van der Waals surface area contributed by atoms with Crippen LogP contribution in [0.15, 0.2) is 53.4 Å². The number of nitrogens with one attached hydrogen (secondary N) is 2. The second-order valence-corrected chi connectivity index (χ2v) is 8.13. The van der Waals surface area contributed by atoms with Crippen LogP contribution >= 0.6 is 0 Å². The van der Waals surface area contributed by atoms with E-state index in [0.29, 0.717) is 18.7 Å². The third kappa shape index (κ3) is 6.63. The van der Waals surface area contributed by atoms with Crippen LogP contribution in [0.5, 0.6) is 5.75 Å². The Kier molecular flexibility index (Phi) is 7.98. The fourth-order valence-corrected chi connectivity index (χ4v) is 3.70. The number of hydrogen-bond donors (Lipinski definition) is 2. The van der Waals surface area contributed by atoms with E-state index >= 15 is 0 Å². The van der Waals surface area contributed by atoms with Gasteiger partial charge in [-0.3, -0.25) is 4.79 Å². The molecule has 1 atom stereocenters. The average molecular weight is 407 g/mol. The molecule has 0 radical (unpaired) electrons. The van der Waals surface area contributed by atoms with E-state index in [4.69, 9.17) is 9.47 Å². The van der Waals surface area contributed by atoms with Gasteiger partial charge in [-0.05, 0) is 50.2 Å². The van der Waals surface area contributed by atoms with Crippen molar-refractivity contribution in [3.05, 3.63) is 59.7 Å². The standard InChI is InChI=1S/C20H26N2O5S/c1-15-4-8-18(9-5-15)27-13-12-21-20(23)17-6-10-19(11-7-17)28(24,25)22-16(2)14-26-3/h4-11,16,22H,12-14H2,1-3H3,(H,21,23)/t16-/m0/s1. The Balaban J connectivity index is 1.84. The van der Waals surface area contributed by atoms with Gasteiger partial charge in [-0.15, -0.1) is 0 Å². The molecule has 28 heavy (non-hydrogen) atoms. The molecule has 2 N–H and O–H groups in total. The highest BCUT2D eigenvalue weighted by Crippen LogP contribution is 2.12. The molecule has 2 aromatic rings. The number of carbonyl (C=O) groups is 1. The molecule has 7 nitrogen and oxygen atoms in total. The van der Waals surface area contributed by atoms with Crippen molar-refractivity contribution in [3.63, 3.8) is 0 Å². The van der Waals surface area contributed by atoms with Crippen molar-refractivity contribution >= 4 is 15.9 Å². The van der Waals surface area contributed by atoms with E-state index in [9.17, 15) is 13.2 Å². The third-order valence-electron chi connectivity index (χ3n) is 3.88. The highest BCUT2D eigenvalue weighted by atomic mass is 32.2. The van der Waals surface area contributed by atoms with Gasteiger partial charge < -0.3 is 14.8 Å². The van der Waals surface area contributed by atoms with Crippen LogP contribution in [0, 0.1) is 6.92 Å². The second kappa shape index (κ2) is 10.2. The van der Waals surface area contributed by atoms with Gasteiger partial charge in [0, 0.05) is 18.7 Å². The van der Waals surface area contributed by atoms with Gasteiger partial charge in [0.25, 0.3) is 5.91 Å². The smallest absolute Gasteiger partial charge is 0.251 e. The van der Waals surface area contributed by atoms with Gasteiger partial charge in [-0.2, -0.15) is 0 Å². The number of methoxy groups -OCH3 is 1. The number of sulfonamides is 1. The van der Waals surface area contributed by atoms with E-state index in [0.717, 1.165) is 11.3 Å². The van der Waals surface area contributed by atoms with Crippen LogP contribution in [-0.2, 0) is 14.8 Å². The quantitative estimate of drug-likeness (QED) is 0.590. The SMILES string of the molecule is COC[C@H](C)NS(=O)(=O)c1ccc(C(=O)NCCOc2ccc(C)cc2)cc1. The zero-order chi connectivity index (χ0) is 20.6. The van der Waals surface area contributed by atoms with Crippen LogP contribution in [0.25, 0.3) is 0 Å².